The lowest BCUT2D eigenvalue weighted by atomic mass is 9.69. The van der Waals surface area contributed by atoms with E-state index in [-0.39, 0.29) is 21.7 Å². The Hall–Kier alpha value is -4.30. The maximum Gasteiger partial charge on any atom is 0.139 e. The van der Waals surface area contributed by atoms with E-state index in [0.717, 1.165) is 34.1 Å². The second-order valence-electron chi connectivity index (χ2n) is 16.2. The average Bonchev–Trinajstić information content (AvgIpc) is 2.99. The fourth-order valence-corrected chi connectivity index (χ4v) is 7.85. The summed E-state index contributed by atoms with van der Waals surface area (Å²) in [7, 11) is 0. The molecule has 0 unspecified atom stereocenters. The zero-order chi connectivity index (χ0) is 32.8. The van der Waals surface area contributed by atoms with Crippen molar-refractivity contribution in [3.63, 3.8) is 0 Å². The molecule has 0 aliphatic carbocycles. The molecule has 0 amide bonds. The first-order chi connectivity index (χ1) is 21.6. The largest absolute Gasteiger partial charge is 0.456 e. The van der Waals surface area contributed by atoms with Crippen molar-refractivity contribution in [3.05, 3.63) is 130 Å². The van der Waals surface area contributed by atoms with Crippen LogP contribution in [0.15, 0.2) is 97.1 Å². The molecule has 7 rings (SSSR count). The predicted octanol–water partition coefficient (Wildman–Crippen LogP) is 12.5. The van der Waals surface area contributed by atoms with Crippen molar-refractivity contribution in [2.24, 2.45) is 0 Å². The standard InChI is InChI=1S/C44H46O2/c1-41(2,3)32-26-25-27(28-17-15-21-33-39(28)45-35-23-13-11-19-30(35)43(33,7)8)38(42(4,5)6)37(32)29-18-16-22-34-40(29)46-36-24-14-12-20-31(36)44(34,9)10/h11-26H,1-10H3. The van der Waals surface area contributed by atoms with Crippen molar-refractivity contribution in [1.82, 2.24) is 0 Å². The van der Waals surface area contributed by atoms with Gasteiger partial charge in [-0.2, -0.15) is 0 Å². The molecule has 2 heterocycles. The Morgan fingerprint density at radius 2 is 0.891 bits per heavy atom. The van der Waals surface area contributed by atoms with E-state index in [1.54, 1.807) is 0 Å². The predicted molar refractivity (Wildman–Crippen MR) is 192 cm³/mol. The molecule has 0 radical (unpaired) electrons. The van der Waals surface area contributed by atoms with E-state index < -0.39 is 0 Å². The van der Waals surface area contributed by atoms with Crippen LogP contribution in [-0.4, -0.2) is 0 Å². The van der Waals surface area contributed by atoms with Gasteiger partial charge in [-0.1, -0.05) is 154 Å². The Kier molecular flexibility index (Phi) is 6.66. The van der Waals surface area contributed by atoms with Gasteiger partial charge in [0.15, 0.2) is 0 Å². The van der Waals surface area contributed by atoms with Gasteiger partial charge in [-0.05, 0) is 45.2 Å². The highest BCUT2D eigenvalue weighted by atomic mass is 16.5. The fraction of sp³-hybridized carbons (Fsp3) is 0.318. The molecule has 2 nitrogen and oxygen atoms in total. The van der Waals surface area contributed by atoms with E-state index in [1.807, 2.05) is 0 Å². The third kappa shape index (κ3) is 4.52. The Morgan fingerprint density at radius 1 is 0.435 bits per heavy atom. The SMILES string of the molecule is CC(C)(C)c1ccc(-c2cccc3c2Oc2ccccc2C3(C)C)c(C(C)(C)C)c1-c1cccc2c1Oc1ccccc1C2(C)C. The summed E-state index contributed by atoms with van der Waals surface area (Å²) in [5.41, 5.74) is 11.5. The van der Waals surface area contributed by atoms with Gasteiger partial charge in [0.05, 0.1) is 0 Å². The Bertz CT molecular complexity index is 2010. The zero-order valence-electron chi connectivity index (χ0n) is 29.1. The third-order valence-electron chi connectivity index (χ3n) is 10.2. The van der Waals surface area contributed by atoms with Crippen molar-refractivity contribution in [3.8, 4) is 45.3 Å². The van der Waals surface area contributed by atoms with E-state index in [9.17, 15) is 0 Å². The quantitative estimate of drug-likeness (QED) is 0.199. The fourth-order valence-electron chi connectivity index (χ4n) is 7.85. The van der Waals surface area contributed by atoms with Gasteiger partial charge >= 0.3 is 0 Å². The number of ether oxygens (including phenoxy) is 2. The number of benzene rings is 5. The summed E-state index contributed by atoms with van der Waals surface area (Å²) in [5.74, 6) is 3.78. The van der Waals surface area contributed by atoms with Crippen LogP contribution in [0.1, 0.15) is 103 Å². The second-order valence-corrected chi connectivity index (χ2v) is 16.2. The lowest BCUT2D eigenvalue weighted by Crippen LogP contribution is -2.26. The van der Waals surface area contributed by atoms with Gasteiger partial charge in [0.2, 0.25) is 0 Å². The third-order valence-corrected chi connectivity index (χ3v) is 10.2. The van der Waals surface area contributed by atoms with E-state index in [1.165, 1.54) is 44.5 Å². The molecule has 0 bridgehead atoms. The summed E-state index contributed by atoms with van der Waals surface area (Å²) < 4.78 is 13.8. The lowest BCUT2D eigenvalue weighted by Gasteiger charge is -2.38. The molecule has 5 aromatic carbocycles. The normalized spacial score (nSPS) is 15.9. The molecule has 0 aromatic heterocycles. The molecule has 0 spiro atoms. The molecule has 234 valence electrons. The molecule has 0 saturated heterocycles. The number of para-hydroxylation sites is 4. The first-order valence-corrected chi connectivity index (χ1v) is 16.6. The second kappa shape index (κ2) is 10.1. The molecule has 2 aliphatic rings. The maximum absolute atomic E-state index is 6.91. The minimum Gasteiger partial charge on any atom is -0.456 e. The summed E-state index contributed by atoms with van der Waals surface area (Å²) in [6.07, 6.45) is 0. The van der Waals surface area contributed by atoms with Crippen molar-refractivity contribution in [2.75, 3.05) is 0 Å². The molecule has 2 heteroatoms. The Labute approximate surface area is 275 Å². The van der Waals surface area contributed by atoms with E-state index >= 15 is 0 Å². The summed E-state index contributed by atoms with van der Waals surface area (Å²) in [4.78, 5) is 0. The highest BCUT2D eigenvalue weighted by Crippen LogP contribution is 2.57. The lowest BCUT2D eigenvalue weighted by molar-refractivity contribution is 0.419. The van der Waals surface area contributed by atoms with Crippen LogP contribution in [0.2, 0.25) is 0 Å². The highest BCUT2D eigenvalue weighted by molar-refractivity contribution is 5.89. The summed E-state index contributed by atoms with van der Waals surface area (Å²) in [6, 6.07) is 35.0. The number of hydrogen-bond acceptors (Lipinski definition) is 2. The summed E-state index contributed by atoms with van der Waals surface area (Å²) >= 11 is 0. The van der Waals surface area contributed by atoms with Crippen LogP contribution in [0.4, 0.5) is 0 Å². The Balaban J connectivity index is 1.56. The van der Waals surface area contributed by atoms with Crippen molar-refractivity contribution < 1.29 is 9.47 Å². The van der Waals surface area contributed by atoms with Crippen LogP contribution in [0.3, 0.4) is 0 Å². The number of rotatable bonds is 2. The molecule has 5 aromatic rings. The van der Waals surface area contributed by atoms with Gasteiger partial charge in [-0.15, -0.1) is 0 Å². The van der Waals surface area contributed by atoms with E-state index in [2.05, 4.69) is 166 Å². The molecule has 0 atom stereocenters. The minimum atomic E-state index is -0.201. The van der Waals surface area contributed by atoms with Crippen LogP contribution < -0.4 is 9.47 Å². The number of fused-ring (bicyclic) bond motifs is 4. The molecule has 0 saturated carbocycles. The first-order valence-electron chi connectivity index (χ1n) is 16.6. The van der Waals surface area contributed by atoms with Gasteiger partial charge in [-0.25, -0.2) is 0 Å². The van der Waals surface area contributed by atoms with Crippen molar-refractivity contribution >= 4 is 0 Å². The topological polar surface area (TPSA) is 18.5 Å². The van der Waals surface area contributed by atoms with Gasteiger partial charge in [0.1, 0.15) is 23.0 Å². The van der Waals surface area contributed by atoms with E-state index in [4.69, 9.17) is 9.47 Å². The van der Waals surface area contributed by atoms with Crippen LogP contribution in [0.25, 0.3) is 22.3 Å². The Morgan fingerprint density at radius 3 is 1.39 bits per heavy atom. The average molecular weight is 607 g/mol. The molecule has 46 heavy (non-hydrogen) atoms. The highest BCUT2D eigenvalue weighted by Gasteiger charge is 2.39. The monoisotopic (exact) mass is 606 g/mol. The molecule has 2 aliphatic heterocycles. The maximum atomic E-state index is 6.91. The molecular formula is C44H46O2. The van der Waals surface area contributed by atoms with Gasteiger partial charge in [0.25, 0.3) is 0 Å². The van der Waals surface area contributed by atoms with Crippen LogP contribution in [0.5, 0.6) is 23.0 Å². The van der Waals surface area contributed by atoms with Crippen molar-refractivity contribution in [2.45, 2.75) is 90.9 Å². The molecule has 0 N–H and O–H groups in total. The van der Waals surface area contributed by atoms with Gasteiger partial charge in [-0.3, -0.25) is 0 Å². The van der Waals surface area contributed by atoms with Crippen molar-refractivity contribution in [1.29, 1.82) is 0 Å². The zero-order valence-corrected chi connectivity index (χ0v) is 29.1. The van der Waals surface area contributed by atoms with Crippen LogP contribution in [0, 0.1) is 0 Å². The van der Waals surface area contributed by atoms with E-state index in [0.29, 0.717) is 0 Å². The summed E-state index contributed by atoms with van der Waals surface area (Å²) in [6.45, 7) is 23.2. The summed E-state index contributed by atoms with van der Waals surface area (Å²) in [5, 5.41) is 0. The number of hydrogen-bond donors (Lipinski definition) is 0. The van der Waals surface area contributed by atoms with Crippen LogP contribution in [-0.2, 0) is 21.7 Å². The van der Waals surface area contributed by atoms with Gasteiger partial charge in [0, 0.05) is 44.2 Å². The minimum absolute atomic E-state index is 0.105. The molecule has 0 fully saturated rings. The molecular weight excluding hydrogens is 560 g/mol. The smallest absolute Gasteiger partial charge is 0.139 e. The van der Waals surface area contributed by atoms with Crippen LogP contribution >= 0.6 is 0 Å². The van der Waals surface area contributed by atoms with Gasteiger partial charge < -0.3 is 9.47 Å². The first kappa shape index (κ1) is 30.4.